The van der Waals surface area contributed by atoms with E-state index < -0.39 is 5.97 Å². The maximum absolute atomic E-state index is 12.1. The molecule has 0 spiro atoms. The highest BCUT2D eigenvalue weighted by Gasteiger charge is 2.11. The van der Waals surface area contributed by atoms with Gasteiger partial charge in [-0.15, -0.1) is 10.2 Å². The maximum Gasteiger partial charge on any atom is 0.337 e. The Bertz CT molecular complexity index is 971. The molecule has 0 aliphatic rings. The molecule has 0 aliphatic carbocycles. The summed E-state index contributed by atoms with van der Waals surface area (Å²) in [6, 6.07) is 14.0. The number of hydrogen-bond donors (Lipinski definition) is 1. The topological polar surface area (TPSA) is 104 Å². The van der Waals surface area contributed by atoms with E-state index in [0.717, 1.165) is 17.3 Å². The zero-order valence-corrected chi connectivity index (χ0v) is 16.7. The third-order valence-corrected chi connectivity index (χ3v) is 4.57. The molecule has 150 valence electrons. The van der Waals surface area contributed by atoms with Gasteiger partial charge in [0.05, 0.1) is 18.4 Å². The summed E-state index contributed by atoms with van der Waals surface area (Å²) in [5.41, 5.74) is 2.12. The van der Waals surface area contributed by atoms with Crippen molar-refractivity contribution in [2.45, 2.75) is 18.8 Å². The number of esters is 1. The molecule has 0 aliphatic heterocycles. The molecule has 29 heavy (non-hydrogen) atoms. The number of carbonyl (C=O) groups is 2. The molecule has 0 fully saturated rings. The number of amides is 1. The van der Waals surface area contributed by atoms with Crippen molar-refractivity contribution in [2.24, 2.45) is 0 Å². The number of ether oxygens (including phenoxy) is 2. The van der Waals surface area contributed by atoms with E-state index in [2.05, 4.69) is 20.3 Å². The van der Waals surface area contributed by atoms with E-state index in [1.54, 1.807) is 24.3 Å². The van der Waals surface area contributed by atoms with Crippen molar-refractivity contribution >= 4 is 29.3 Å². The van der Waals surface area contributed by atoms with Crippen LogP contribution in [0, 0.1) is 6.92 Å². The van der Waals surface area contributed by atoms with Crippen LogP contribution >= 0.6 is 11.8 Å². The summed E-state index contributed by atoms with van der Waals surface area (Å²) in [7, 11) is 1.31. The molecular weight excluding hydrogens is 394 g/mol. The Kier molecular flexibility index (Phi) is 6.85. The van der Waals surface area contributed by atoms with Crippen LogP contribution in [0.5, 0.6) is 5.75 Å². The first kappa shape index (κ1) is 20.4. The summed E-state index contributed by atoms with van der Waals surface area (Å²) in [4.78, 5) is 23.5. The van der Waals surface area contributed by atoms with Crippen molar-refractivity contribution in [3.8, 4) is 5.75 Å². The van der Waals surface area contributed by atoms with Gasteiger partial charge in [0.15, 0.2) is 6.61 Å². The number of aromatic nitrogens is 2. The fourth-order valence-corrected chi connectivity index (χ4v) is 2.85. The number of hydrogen-bond acceptors (Lipinski definition) is 8. The number of carbonyl (C=O) groups excluding carboxylic acids is 2. The number of aryl methyl sites for hydroxylation is 1. The molecule has 3 rings (SSSR count). The van der Waals surface area contributed by atoms with Crippen molar-refractivity contribution in [1.82, 2.24) is 10.2 Å². The minimum Gasteiger partial charge on any atom is -0.484 e. The third-order valence-electron chi connectivity index (χ3n) is 3.75. The molecule has 0 saturated heterocycles. The number of methoxy groups -OCH3 is 1. The molecule has 9 heteroatoms. The van der Waals surface area contributed by atoms with E-state index in [1.165, 1.54) is 7.11 Å². The summed E-state index contributed by atoms with van der Waals surface area (Å²) in [6.07, 6.45) is 0. The molecule has 1 N–H and O–H groups in total. The van der Waals surface area contributed by atoms with Gasteiger partial charge in [-0.05, 0) is 43.3 Å². The van der Waals surface area contributed by atoms with Gasteiger partial charge < -0.3 is 19.2 Å². The van der Waals surface area contributed by atoms with Gasteiger partial charge in [-0.1, -0.05) is 29.5 Å². The zero-order valence-electron chi connectivity index (χ0n) is 15.9. The Labute approximate surface area is 171 Å². The first-order valence-corrected chi connectivity index (χ1v) is 9.65. The highest BCUT2D eigenvalue weighted by molar-refractivity contribution is 7.99. The lowest BCUT2D eigenvalue weighted by Crippen LogP contribution is -2.14. The number of nitrogens with one attached hydrogen (secondary N) is 1. The molecule has 3 aromatic rings. The minimum absolute atomic E-state index is 0.0964. The highest BCUT2D eigenvalue weighted by atomic mass is 32.2. The Balaban J connectivity index is 1.44. The predicted molar refractivity (Wildman–Crippen MR) is 107 cm³/mol. The second kappa shape index (κ2) is 9.74. The smallest absolute Gasteiger partial charge is 0.337 e. The lowest BCUT2D eigenvalue weighted by atomic mass is 10.2. The van der Waals surface area contributed by atoms with Crippen molar-refractivity contribution < 1.29 is 23.5 Å². The summed E-state index contributed by atoms with van der Waals surface area (Å²) < 4.78 is 15.7. The summed E-state index contributed by atoms with van der Waals surface area (Å²) in [5.74, 6) is 0.458. The Morgan fingerprint density at radius 3 is 2.48 bits per heavy atom. The average molecular weight is 413 g/mol. The van der Waals surface area contributed by atoms with Gasteiger partial charge in [-0.2, -0.15) is 0 Å². The van der Waals surface area contributed by atoms with E-state index in [1.807, 2.05) is 31.2 Å². The second-order valence-corrected chi connectivity index (χ2v) is 6.90. The SMILES string of the molecule is COC(=O)c1ccc(NC(=O)CSc2nnc(COc3ccc(C)cc3)o2)cc1. The van der Waals surface area contributed by atoms with Crippen molar-refractivity contribution in [1.29, 1.82) is 0 Å². The lowest BCUT2D eigenvalue weighted by molar-refractivity contribution is -0.113. The predicted octanol–water partition coefficient (Wildman–Crippen LogP) is 3.47. The first-order valence-electron chi connectivity index (χ1n) is 8.66. The number of anilines is 1. The van der Waals surface area contributed by atoms with Crippen LogP contribution in [0.4, 0.5) is 5.69 Å². The number of nitrogens with zero attached hydrogens (tertiary/aromatic N) is 2. The molecule has 0 atom stereocenters. The molecule has 0 unspecified atom stereocenters. The molecule has 0 bridgehead atoms. The van der Waals surface area contributed by atoms with Gasteiger partial charge in [0.2, 0.25) is 5.91 Å². The van der Waals surface area contributed by atoms with E-state index in [0.29, 0.717) is 22.9 Å². The number of rotatable bonds is 8. The molecule has 2 aromatic carbocycles. The van der Waals surface area contributed by atoms with E-state index >= 15 is 0 Å². The van der Waals surface area contributed by atoms with Gasteiger partial charge in [-0.25, -0.2) is 4.79 Å². The summed E-state index contributed by atoms with van der Waals surface area (Å²) in [5, 5.41) is 10.8. The molecule has 0 radical (unpaired) electrons. The van der Waals surface area contributed by atoms with Gasteiger partial charge in [0.25, 0.3) is 11.1 Å². The Hall–Kier alpha value is -3.33. The van der Waals surface area contributed by atoms with Crippen LogP contribution in [0.25, 0.3) is 0 Å². The van der Waals surface area contributed by atoms with Crippen molar-refractivity contribution in [3.05, 3.63) is 65.5 Å². The molecular formula is C20H19N3O5S. The first-order chi connectivity index (χ1) is 14.0. The fraction of sp³-hybridized carbons (Fsp3) is 0.200. The maximum atomic E-state index is 12.1. The van der Waals surface area contributed by atoms with Crippen LogP contribution in [0.3, 0.4) is 0 Å². The average Bonchev–Trinajstić information content (AvgIpc) is 3.20. The normalized spacial score (nSPS) is 10.4. The van der Waals surface area contributed by atoms with Gasteiger partial charge in [-0.3, -0.25) is 4.79 Å². The second-order valence-electron chi connectivity index (χ2n) is 5.97. The standard InChI is InChI=1S/C20H19N3O5S/c1-13-3-9-16(10-4-13)27-11-18-22-23-20(28-18)29-12-17(24)21-15-7-5-14(6-8-15)19(25)26-2/h3-10H,11-12H2,1-2H3,(H,21,24). The highest BCUT2D eigenvalue weighted by Crippen LogP contribution is 2.19. The summed E-state index contributed by atoms with van der Waals surface area (Å²) >= 11 is 1.12. The Morgan fingerprint density at radius 2 is 1.79 bits per heavy atom. The molecule has 1 heterocycles. The van der Waals surface area contributed by atoms with Crippen molar-refractivity contribution in [3.63, 3.8) is 0 Å². The Morgan fingerprint density at radius 1 is 1.07 bits per heavy atom. The largest absolute Gasteiger partial charge is 0.484 e. The van der Waals surface area contributed by atoms with E-state index in [9.17, 15) is 9.59 Å². The monoisotopic (exact) mass is 413 g/mol. The molecule has 1 aromatic heterocycles. The van der Waals surface area contributed by atoms with E-state index in [4.69, 9.17) is 9.15 Å². The van der Waals surface area contributed by atoms with Crippen LogP contribution in [-0.4, -0.2) is 34.9 Å². The summed E-state index contributed by atoms with van der Waals surface area (Å²) in [6.45, 7) is 2.15. The van der Waals surface area contributed by atoms with Crippen LogP contribution in [0.2, 0.25) is 0 Å². The molecule has 1 amide bonds. The van der Waals surface area contributed by atoms with E-state index in [-0.39, 0.29) is 23.5 Å². The quantitative estimate of drug-likeness (QED) is 0.442. The minimum atomic E-state index is -0.433. The van der Waals surface area contributed by atoms with Gasteiger partial charge in [0, 0.05) is 5.69 Å². The van der Waals surface area contributed by atoms with Crippen LogP contribution in [0.1, 0.15) is 21.8 Å². The number of thioether (sulfide) groups is 1. The zero-order chi connectivity index (χ0) is 20.6. The van der Waals surface area contributed by atoms with Crippen LogP contribution in [-0.2, 0) is 16.1 Å². The third kappa shape index (κ3) is 6.08. The fourth-order valence-electron chi connectivity index (χ4n) is 2.27. The molecule has 8 nitrogen and oxygen atoms in total. The van der Waals surface area contributed by atoms with Crippen LogP contribution < -0.4 is 10.1 Å². The van der Waals surface area contributed by atoms with Gasteiger partial charge in [0.1, 0.15) is 5.75 Å². The van der Waals surface area contributed by atoms with Crippen molar-refractivity contribution in [2.75, 3.05) is 18.2 Å². The lowest BCUT2D eigenvalue weighted by Gasteiger charge is -2.05. The van der Waals surface area contributed by atoms with Crippen LogP contribution in [0.15, 0.2) is 58.2 Å². The molecule has 0 saturated carbocycles. The number of benzene rings is 2. The van der Waals surface area contributed by atoms with Gasteiger partial charge >= 0.3 is 5.97 Å².